The van der Waals surface area contributed by atoms with Crippen molar-refractivity contribution in [3.8, 4) is 0 Å². The van der Waals surface area contributed by atoms with Gasteiger partial charge >= 0.3 is 6.18 Å². The summed E-state index contributed by atoms with van der Waals surface area (Å²) in [5.41, 5.74) is 0.465. The number of aliphatic imine (C=N–C) groups is 2. The third-order valence-corrected chi connectivity index (χ3v) is 7.57. The molecule has 218 valence electrons. The van der Waals surface area contributed by atoms with Crippen LogP contribution < -0.4 is 11.2 Å². The molecular weight excluding hydrogens is 555 g/mol. The number of anilines is 1. The van der Waals surface area contributed by atoms with Gasteiger partial charge < -0.3 is 19.7 Å². The van der Waals surface area contributed by atoms with E-state index in [0.29, 0.717) is 55.7 Å². The fourth-order valence-electron chi connectivity index (χ4n) is 5.19. The number of quaternary nitrogens is 1. The number of rotatable bonds is 5. The van der Waals surface area contributed by atoms with Crippen molar-refractivity contribution in [2.24, 2.45) is 21.2 Å². The monoisotopic (exact) mass is 582 g/mol. The first kappa shape index (κ1) is 27.9. The maximum Gasteiger partial charge on any atom is 0.416 e. The summed E-state index contributed by atoms with van der Waals surface area (Å²) in [7, 11) is 0. The summed E-state index contributed by atoms with van der Waals surface area (Å²) in [6.45, 7) is 3.74. The number of aromatic nitrogens is 1. The van der Waals surface area contributed by atoms with Crippen LogP contribution in [-0.4, -0.2) is 77.4 Å². The third-order valence-electron chi connectivity index (χ3n) is 7.57. The van der Waals surface area contributed by atoms with Gasteiger partial charge in [0.1, 0.15) is 23.8 Å². The molecule has 1 unspecified atom stereocenters. The standard InChI is InChI=1S/C28H26F3N7O4/c1-27(15-41-16-27)26(40)37-9-11-42-21(14-37)23-20-13-33-8-10-38(20,32)24(36-23)17-2-4-18(5-3-17)25(39)35-22-12-19(6-7-34-22)28(29,30)31/h2-8,10,12-13,21H,9,11,14-16,32H2,1H3/p+1/t21-,38?/m1/s1. The number of nitrogens with zero attached hydrogens (tertiary/aromatic N) is 5. The van der Waals surface area contributed by atoms with Crippen molar-refractivity contribution >= 4 is 29.7 Å². The zero-order chi connectivity index (χ0) is 29.7. The molecule has 1 aromatic heterocycles. The van der Waals surface area contributed by atoms with E-state index in [-0.39, 0.29) is 21.9 Å². The van der Waals surface area contributed by atoms with Gasteiger partial charge in [-0.1, -0.05) is 0 Å². The summed E-state index contributed by atoms with van der Waals surface area (Å²) < 4.78 is 50.1. The van der Waals surface area contributed by atoms with Gasteiger partial charge in [-0.3, -0.25) is 14.6 Å². The lowest BCUT2D eigenvalue weighted by Gasteiger charge is -2.42. The van der Waals surface area contributed by atoms with E-state index in [1.165, 1.54) is 12.1 Å². The Bertz CT molecular complexity index is 1560. The zero-order valence-corrected chi connectivity index (χ0v) is 22.5. The van der Waals surface area contributed by atoms with Crippen molar-refractivity contribution in [3.63, 3.8) is 0 Å². The summed E-state index contributed by atoms with van der Waals surface area (Å²) in [6.07, 6.45) is 0.715. The van der Waals surface area contributed by atoms with E-state index in [2.05, 4.69) is 15.3 Å². The molecule has 2 atom stereocenters. The van der Waals surface area contributed by atoms with Gasteiger partial charge in [-0.15, -0.1) is 4.59 Å². The fourth-order valence-corrected chi connectivity index (χ4v) is 5.19. The Morgan fingerprint density at radius 1 is 1.19 bits per heavy atom. The second-order valence-corrected chi connectivity index (χ2v) is 10.7. The number of fused-ring (bicyclic) bond motifs is 1. The summed E-state index contributed by atoms with van der Waals surface area (Å²) in [6, 6.07) is 7.93. The molecule has 6 rings (SSSR count). The molecule has 5 heterocycles. The number of alkyl halides is 3. The van der Waals surface area contributed by atoms with Crippen LogP contribution in [0.4, 0.5) is 19.0 Å². The Labute approximate surface area is 238 Å². The van der Waals surface area contributed by atoms with Gasteiger partial charge in [0.2, 0.25) is 11.6 Å². The molecule has 4 aliphatic rings. The molecule has 0 saturated carbocycles. The van der Waals surface area contributed by atoms with Crippen molar-refractivity contribution in [2.75, 3.05) is 38.2 Å². The molecular formula is C28H27F3N7O4+. The van der Waals surface area contributed by atoms with Crippen molar-refractivity contribution in [2.45, 2.75) is 19.2 Å². The lowest BCUT2D eigenvalue weighted by atomic mass is 9.86. The van der Waals surface area contributed by atoms with Crippen LogP contribution in [0, 0.1) is 5.41 Å². The Hall–Kier alpha value is -4.24. The van der Waals surface area contributed by atoms with Crippen molar-refractivity contribution in [1.82, 2.24) is 9.88 Å². The molecule has 0 bridgehead atoms. The molecule has 0 radical (unpaired) electrons. The number of amides is 2. The second-order valence-electron chi connectivity index (χ2n) is 10.7. The second kappa shape index (κ2) is 10.2. The van der Waals surface area contributed by atoms with Crippen LogP contribution >= 0.6 is 0 Å². The number of halogens is 3. The third kappa shape index (κ3) is 4.91. The molecule has 0 aliphatic carbocycles. The summed E-state index contributed by atoms with van der Waals surface area (Å²) in [5.74, 6) is 6.42. The highest BCUT2D eigenvalue weighted by atomic mass is 19.4. The summed E-state index contributed by atoms with van der Waals surface area (Å²) in [4.78, 5) is 40.6. The zero-order valence-electron chi connectivity index (χ0n) is 22.5. The average Bonchev–Trinajstić information content (AvgIpc) is 3.28. The molecule has 4 aliphatic heterocycles. The van der Waals surface area contributed by atoms with Crippen molar-refractivity contribution in [1.29, 1.82) is 0 Å². The Kier molecular flexibility index (Phi) is 6.80. The number of amidine groups is 1. The van der Waals surface area contributed by atoms with E-state index in [9.17, 15) is 22.8 Å². The molecule has 0 spiro atoms. The number of morpholine rings is 1. The molecule has 2 saturated heterocycles. The van der Waals surface area contributed by atoms with E-state index >= 15 is 0 Å². The van der Waals surface area contributed by atoms with Crippen LogP contribution in [0.5, 0.6) is 0 Å². The lowest BCUT2D eigenvalue weighted by Crippen LogP contribution is -2.57. The van der Waals surface area contributed by atoms with Gasteiger partial charge in [0.05, 0.1) is 55.3 Å². The molecule has 11 nitrogen and oxygen atoms in total. The highest BCUT2D eigenvalue weighted by Crippen LogP contribution is 2.36. The fraction of sp³-hybridized carbons (Fsp3) is 0.321. The Morgan fingerprint density at radius 2 is 1.95 bits per heavy atom. The lowest BCUT2D eigenvalue weighted by molar-refractivity contribution is -0.750. The van der Waals surface area contributed by atoms with E-state index in [1.54, 1.807) is 35.6 Å². The van der Waals surface area contributed by atoms with Gasteiger partial charge in [-0.2, -0.15) is 24.0 Å². The molecule has 14 heteroatoms. The number of nitrogens with two attached hydrogens (primary N) is 1. The van der Waals surface area contributed by atoms with Crippen molar-refractivity contribution in [3.05, 3.63) is 83.1 Å². The maximum absolute atomic E-state index is 13.1. The minimum atomic E-state index is -4.56. The number of pyridine rings is 1. The minimum Gasteiger partial charge on any atom is -0.379 e. The quantitative estimate of drug-likeness (QED) is 0.412. The van der Waals surface area contributed by atoms with Crippen molar-refractivity contribution < 1.29 is 36.8 Å². The number of benzene rings is 1. The van der Waals surface area contributed by atoms with Gasteiger partial charge in [-0.25, -0.2) is 4.98 Å². The molecule has 2 fully saturated rings. The highest BCUT2D eigenvalue weighted by Gasteiger charge is 2.49. The Morgan fingerprint density at radius 3 is 2.64 bits per heavy atom. The number of nitrogens with one attached hydrogen (secondary N) is 1. The number of hydrogen-bond acceptors (Lipinski definition) is 8. The summed E-state index contributed by atoms with van der Waals surface area (Å²) in [5, 5.41) is 2.39. The predicted octanol–water partition coefficient (Wildman–Crippen LogP) is 2.83. The number of carbonyl (C=O) groups excluding carboxylic acids is 2. The van der Waals surface area contributed by atoms with Gasteiger partial charge in [0, 0.05) is 18.3 Å². The van der Waals surface area contributed by atoms with Crippen LogP contribution in [0.2, 0.25) is 0 Å². The minimum absolute atomic E-state index is 0.00903. The van der Waals surface area contributed by atoms with Crippen LogP contribution in [0.1, 0.15) is 28.4 Å². The van der Waals surface area contributed by atoms with Gasteiger partial charge in [0.25, 0.3) is 11.7 Å². The number of hydrogen-bond donors (Lipinski definition) is 2. The topological polar surface area (TPSA) is 132 Å². The first-order valence-electron chi connectivity index (χ1n) is 13.1. The summed E-state index contributed by atoms with van der Waals surface area (Å²) >= 11 is 0. The van der Waals surface area contributed by atoms with E-state index in [4.69, 9.17) is 20.3 Å². The number of allylic oxidation sites excluding steroid dienone is 1. The molecule has 2 amide bonds. The average molecular weight is 583 g/mol. The smallest absolute Gasteiger partial charge is 0.379 e. The first-order valence-corrected chi connectivity index (χ1v) is 13.1. The SMILES string of the molecule is CC1(C(=O)N2CCO[C@@H](C3=C4C=NC=C[N+]4(N)C(c4ccc(C(=O)Nc5cc(C(F)(F)F)ccn5)cc4)=N3)C2)COC1. The normalized spacial score (nSPS) is 24.6. The van der Waals surface area contributed by atoms with E-state index in [0.717, 1.165) is 18.3 Å². The molecule has 42 heavy (non-hydrogen) atoms. The van der Waals surface area contributed by atoms with Crippen LogP contribution in [0.25, 0.3) is 0 Å². The largest absolute Gasteiger partial charge is 0.416 e. The number of carbonyl (C=O) groups is 2. The number of ether oxygens (including phenoxy) is 2. The predicted molar refractivity (Wildman–Crippen MR) is 145 cm³/mol. The van der Waals surface area contributed by atoms with Gasteiger partial charge in [0.15, 0.2) is 0 Å². The van der Waals surface area contributed by atoms with Gasteiger partial charge in [-0.05, 0) is 43.3 Å². The molecule has 3 N–H and O–H groups in total. The van der Waals surface area contributed by atoms with Crippen LogP contribution in [0.3, 0.4) is 0 Å². The highest BCUT2D eigenvalue weighted by molar-refractivity contribution is 6.05. The van der Waals surface area contributed by atoms with E-state index in [1.807, 2.05) is 6.92 Å². The van der Waals surface area contributed by atoms with Crippen LogP contribution in [-0.2, 0) is 20.4 Å². The molecule has 1 aromatic carbocycles. The first-order chi connectivity index (χ1) is 20.0. The maximum atomic E-state index is 13.1. The molecule has 2 aromatic rings. The van der Waals surface area contributed by atoms with Crippen LogP contribution in [0.15, 0.2) is 76.4 Å². The Balaban J connectivity index is 1.23. The van der Waals surface area contributed by atoms with E-state index < -0.39 is 29.2 Å².